The van der Waals surface area contributed by atoms with Gasteiger partial charge in [-0.05, 0) is 31.4 Å². The smallest absolute Gasteiger partial charge is 0.135 e. The number of rotatable bonds is 2. The van der Waals surface area contributed by atoms with Crippen LogP contribution in [0.5, 0.6) is 0 Å². The van der Waals surface area contributed by atoms with Crippen LogP contribution >= 0.6 is 0 Å². The Morgan fingerprint density at radius 2 is 1.77 bits per heavy atom. The maximum Gasteiger partial charge on any atom is 0.135 e. The molecule has 0 bridgehead atoms. The number of hydrogen-bond donors (Lipinski definition) is 0. The molecule has 0 aromatic heterocycles. The van der Waals surface area contributed by atoms with Crippen molar-refractivity contribution in [1.82, 2.24) is 4.90 Å². The molecule has 1 aromatic carbocycles. The summed E-state index contributed by atoms with van der Waals surface area (Å²) < 4.78 is 5.45. The van der Waals surface area contributed by atoms with Crippen LogP contribution in [-0.2, 0) is 4.74 Å². The summed E-state index contributed by atoms with van der Waals surface area (Å²) in [6, 6.07) is 11.2. The summed E-state index contributed by atoms with van der Waals surface area (Å²) in [5.74, 6) is 0. The van der Waals surface area contributed by atoms with E-state index in [4.69, 9.17) is 4.74 Å². The Morgan fingerprint density at radius 3 is 2.41 bits per heavy atom. The van der Waals surface area contributed by atoms with Crippen LogP contribution in [0.2, 0.25) is 0 Å². The molecule has 1 fully saturated rings. The summed E-state index contributed by atoms with van der Waals surface area (Å²) >= 11 is 0. The van der Waals surface area contributed by atoms with Gasteiger partial charge in [-0.3, -0.25) is 0 Å². The van der Waals surface area contributed by atoms with Crippen LogP contribution in [0.25, 0.3) is 5.57 Å². The first-order valence-corrected chi connectivity index (χ1v) is 7.85. The van der Waals surface area contributed by atoms with E-state index in [2.05, 4.69) is 61.5 Å². The highest BCUT2D eigenvalue weighted by Gasteiger charge is 2.38. The molecule has 0 saturated carbocycles. The van der Waals surface area contributed by atoms with Crippen LogP contribution in [0.3, 0.4) is 0 Å². The maximum absolute atomic E-state index is 9.77. The third-order valence-corrected chi connectivity index (χ3v) is 4.57. The van der Waals surface area contributed by atoms with Gasteiger partial charge in [-0.25, -0.2) is 0 Å². The topological polar surface area (TPSA) is 36.3 Å². The van der Waals surface area contributed by atoms with Crippen molar-refractivity contribution in [2.75, 3.05) is 13.2 Å². The molecule has 0 unspecified atom stereocenters. The molecule has 22 heavy (non-hydrogen) atoms. The Bertz CT molecular complexity index is 643. The highest BCUT2D eigenvalue weighted by atomic mass is 16.5. The van der Waals surface area contributed by atoms with Gasteiger partial charge in [0.15, 0.2) is 0 Å². The normalized spacial score (nSPS) is 20.9. The number of nitriles is 1. The highest BCUT2D eigenvalue weighted by Crippen LogP contribution is 2.35. The van der Waals surface area contributed by atoms with Gasteiger partial charge in [-0.2, -0.15) is 5.26 Å². The molecule has 3 heteroatoms. The van der Waals surface area contributed by atoms with E-state index >= 15 is 0 Å². The molecule has 0 N–H and O–H groups in total. The molecule has 1 aromatic rings. The fourth-order valence-corrected chi connectivity index (χ4v) is 3.16. The number of aryl methyl sites for hydroxylation is 1. The van der Waals surface area contributed by atoms with Crippen LogP contribution in [0.1, 0.15) is 37.3 Å². The van der Waals surface area contributed by atoms with Crippen LogP contribution in [0, 0.1) is 18.3 Å². The summed E-state index contributed by atoms with van der Waals surface area (Å²) in [7, 11) is 0. The standard InChI is InChI=1S/C19H22N2O/c1-15-3-5-17(6-4-15)18-11-16(2)12-21(13-18)19(14-20)7-9-22-10-8-19/h3-6,12-13H,7-11H2,1-2H3. The molecule has 2 heterocycles. The van der Waals surface area contributed by atoms with Crippen LogP contribution in [-0.4, -0.2) is 23.7 Å². The lowest BCUT2D eigenvalue weighted by Gasteiger charge is -2.41. The fraction of sp³-hybridized carbons (Fsp3) is 0.421. The van der Waals surface area contributed by atoms with E-state index < -0.39 is 5.54 Å². The van der Waals surface area contributed by atoms with Gasteiger partial charge in [-0.15, -0.1) is 0 Å². The molecule has 2 aliphatic rings. The molecule has 0 amide bonds. The van der Waals surface area contributed by atoms with Gasteiger partial charge in [0.05, 0.1) is 6.07 Å². The Kier molecular flexibility index (Phi) is 4.04. The van der Waals surface area contributed by atoms with E-state index in [0.717, 1.165) is 19.3 Å². The van der Waals surface area contributed by atoms with E-state index in [-0.39, 0.29) is 0 Å². The molecular weight excluding hydrogens is 272 g/mol. The zero-order chi connectivity index (χ0) is 15.6. The molecule has 3 nitrogen and oxygen atoms in total. The van der Waals surface area contributed by atoms with Gasteiger partial charge in [0.25, 0.3) is 0 Å². The minimum absolute atomic E-state index is 0.462. The Balaban J connectivity index is 1.95. The van der Waals surface area contributed by atoms with Crippen LogP contribution in [0.15, 0.2) is 42.2 Å². The van der Waals surface area contributed by atoms with Gasteiger partial charge >= 0.3 is 0 Å². The van der Waals surface area contributed by atoms with Crippen molar-refractivity contribution in [1.29, 1.82) is 5.26 Å². The first kappa shape index (κ1) is 14.9. The molecule has 114 valence electrons. The summed E-state index contributed by atoms with van der Waals surface area (Å²) in [6.45, 7) is 5.55. The molecule has 3 rings (SSSR count). The van der Waals surface area contributed by atoms with Crippen molar-refractivity contribution in [2.24, 2.45) is 0 Å². The van der Waals surface area contributed by atoms with Crippen molar-refractivity contribution in [3.8, 4) is 6.07 Å². The van der Waals surface area contributed by atoms with Gasteiger partial charge in [0.2, 0.25) is 0 Å². The number of hydrogen-bond acceptors (Lipinski definition) is 3. The average molecular weight is 294 g/mol. The third kappa shape index (κ3) is 2.80. The zero-order valence-corrected chi connectivity index (χ0v) is 13.3. The predicted molar refractivity (Wildman–Crippen MR) is 87.8 cm³/mol. The van der Waals surface area contributed by atoms with E-state index in [1.807, 2.05) is 0 Å². The minimum atomic E-state index is -0.462. The van der Waals surface area contributed by atoms with E-state index in [1.165, 1.54) is 22.3 Å². The van der Waals surface area contributed by atoms with Gasteiger partial charge in [-0.1, -0.05) is 35.4 Å². The highest BCUT2D eigenvalue weighted by molar-refractivity contribution is 5.69. The summed E-state index contributed by atoms with van der Waals surface area (Å²) in [5, 5.41) is 9.77. The third-order valence-electron chi connectivity index (χ3n) is 4.57. The first-order valence-electron chi connectivity index (χ1n) is 7.85. The fourth-order valence-electron chi connectivity index (χ4n) is 3.16. The quantitative estimate of drug-likeness (QED) is 0.826. The molecule has 0 spiro atoms. The lowest BCUT2D eigenvalue weighted by molar-refractivity contribution is 0.0327. The van der Waals surface area contributed by atoms with Crippen molar-refractivity contribution < 1.29 is 4.74 Å². The van der Waals surface area contributed by atoms with E-state index in [0.29, 0.717) is 13.2 Å². The van der Waals surface area contributed by atoms with Crippen molar-refractivity contribution >= 4 is 5.57 Å². The van der Waals surface area contributed by atoms with Gasteiger partial charge in [0, 0.05) is 38.5 Å². The predicted octanol–water partition coefficient (Wildman–Crippen LogP) is 4.02. The first-order chi connectivity index (χ1) is 10.6. The lowest BCUT2D eigenvalue weighted by Crippen LogP contribution is -2.47. The van der Waals surface area contributed by atoms with Gasteiger partial charge in [0.1, 0.15) is 5.54 Å². The minimum Gasteiger partial charge on any atom is -0.381 e. The van der Waals surface area contributed by atoms with Crippen LogP contribution in [0.4, 0.5) is 0 Å². The SMILES string of the molecule is CC1=CN(C2(C#N)CCOCC2)C=C(c2ccc(C)cc2)C1. The number of nitrogens with zero attached hydrogens (tertiary/aromatic N) is 2. The second kappa shape index (κ2) is 5.98. The zero-order valence-electron chi connectivity index (χ0n) is 13.3. The van der Waals surface area contributed by atoms with E-state index in [1.54, 1.807) is 0 Å². The summed E-state index contributed by atoms with van der Waals surface area (Å²) in [4.78, 5) is 2.13. The molecule has 0 radical (unpaired) electrons. The number of ether oxygens (including phenoxy) is 1. The second-order valence-electron chi connectivity index (χ2n) is 6.34. The van der Waals surface area contributed by atoms with Crippen molar-refractivity contribution in [3.63, 3.8) is 0 Å². The largest absolute Gasteiger partial charge is 0.381 e. The molecule has 0 atom stereocenters. The molecular formula is C19H22N2O. The van der Waals surface area contributed by atoms with Crippen molar-refractivity contribution in [3.05, 3.63) is 53.4 Å². The monoisotopic (exact) mass is 294 g/mol. The molecule has 1 saturated heterocycles. The van der Waals surface area contributed by atoms with Gasteiger partial charge < -0.3 is 9.64 Å². The lowest BCUT2D eigenvalue weighted by atomic mass is 9.87. The summed E-state index contributed by atoms with van der Waals surface area (Å²) in [6.07, 6.45) is 6.74. The maximum atomic E-state index is 9.77. The Labute approximate surface area is 132 Å². The number of allylic oxidation sites excluding steroid dienone is 2. The Hall–Kier alpha value is -2.05. The van der Waals surface area contributed by atoms with Crippen molar-refractivity contribution in [2.45, 2.75) is 38.6 Å². The Morgan fingerprint density at radius 1 is 1.09 bits per heavy atom. The average Bonchev–Trinajstić information content (AvgIpc) is 2.55. The number of benzene rings is 1. The van der Waals surface area contributed by atoms with E-state index in [9.17, 15) is 5.26 Å². The molecule has 2 aliphatic heterocycles. The van der Waals surface area contributed by atoms with Crippen LogP contribution < -0.4 is 0 Å². The summed E-state index contributed by atoms with van der Waals surface area (Å²) in [5.41, 5.74) is 4.61. The second-order valence-corrected chi connectivity index (χ2v) is 6.34. The molecule has 0 aliphatic carbocycles.